The molecule has 11 heteroatoms. The largest absolute Gasteiger partial charge is 0.494 e. The maximum Gasteiger partial charge on any atom is 0.247 e. The fourth-order valence-electron chi connectivity index (χ4n) is 4.07. The van der Waals surface area contributed by atoms with E-state index in [9.17, 15) is 10.1 Å². The maximum atomic E-state index is 12.2. The molecule has 11 nitrogen and oxygen atoms in total. The first-order valence-corrected chi connectivity index (χ1v) is 12.2. The summed E-state index contributed by atoms with van der Waals surface area (Å²) in [5.74, 6) is 1.05. The number of hydrogen-bond donors (Lipinski definition) is 2. The number of ether oxygens (including phenoxy) is 1. The zero-order chi connectivity index (χ0) is 28.1. The van der Waals surface area contributed by atoms with Crippen LogP contribution in [-0.2, 0) is 4.79 Å². The molecule has 2 aromatic carbocycles. The third-order valence-corrected chi connectivity index (χ3v) is 6.15. The molecule has 0 bridgehead atoms. The maximum absolute atomic E-state index is 12.2. The van der Waals surface area contributed by atoms with Crippen molar-refractivity contribution in [2.24, 2.45) is 0 Å². The van der Waals surface area contributed by atoms with Gasteiger partial charge >= 0.3 is 0 Å². The molecule has 4 aromatic rings. The van der Waals surface area contributed by atoms with Gasteiger partial charge in [-0.05, 0) is 51.4 Å². The van der Waals surface area contributed by atoms with E-state index in [0.717, 1.165) is 35.4 Å². The van der Waals surface area contributed by atoms with E-state index >= 15 is 0 Å². The van der Waals surface area contributed by atoms with Crippen LogP contribution in [0.2, 0.25) is 0 Å². The molecule has 0 saturated carbocycles. The van der Waals surface area contributed by atoms with Crippen LogP contribution in [0.5, 0.6) is 5.75 Å². The van der Waals surface area contributed by atoms with E-state index in [2.05, 4.69) is 43.2 Å². The summed E-state index contributed by atoms with van der Waals surface area (Å²) in [6, 6.07) is 13.0. The van der Waals surface area contributed by atoms with Gasteiger partial charge in [0.15, 0.2) is 5.82 Å². The lowest BCUT2D eigenvalue weighted by molar-refractivity contribution is -0.111. The Morgan fingerprint density at radius 2 is 1.97 bits per heavy atom. The standard InChI is InChI=1S/C28H31N9O2/c1-7-27(38)31-21-15-22(25(39-6)16-24(21)36(5)13-12-35(3)4)32-28-30-11-10-26(33-28)37-23-14-19(17-29)8-9-20(23)18(2)34-37/h7-11,14-16H,1,12-13H2,2-6H3,(H,31,38)(H,30,32,33). The summed E-state index contributed by atoms with van der Waals surface area (Å²) in [6.07, 6.45) is 2.85. The highest BCUT2D eigenvalue weighted by molar-refractivity contribution is 6.02. The van der Waals surface area contributed by atoms with Crippen molar-refractivity contribution >= 4 is 39.8 Å². The molecule has 2 aromatic heterocycles. The molecule has 2 N–H and O–H groups in total. The normalized spacial score (nSPS) is 10.8. The Morgan fingerprint density at radius 1 is 1.18 bits per heavy atom. The lowest BCUT2D eigenvalue weighted by atomic mass is 10.1. The molecular formula is C28H31N9O2. The van der Waals surface area contributed by atoms with Gasteiger partial charge in [-0.15, -0.1) is 0 Å². The second-order valence-electron chi connectivity index (χ2n) is 9.19. The Balaban J connectivity index is 1.73. The number of nitrogens with zero attached hydrogens (tertiary/aromatic N) is 7. The van der Waals surface area contributed by atoms with Crippen molar-refractivity contribution in [3.8, 4) is 17.6 Å². The third kappa shape index (κ3) is 5.97. The molecule has 0 aliphatic heterocycles. The number of nitrogens with one attached hydrogen (secondary N) is 2. The van der Waals surface area contributed by atoms with Gasteiger partial charge in [-0.25, -0.2) is 9.67 Å². The second-order valence-corrected chi connectivity index (χ2v) is 9.19. The number of aromatic nitrogens is 4. The van der Waals surface area contributed by atoms with Crippen LogP contribution in [-0.4, -0.2) is 71.9 Å². The molecule has 0 radical (unpaired) electrons. The fourth-order valence-corrected chi connectivity index (χ4v) is 4.07. The molecular weight excluding hydrogens is 494 g/mol. The molecule has 0 saturated heterocycles. The third-order valence-electron chi connectivity index (χ3n) is 6.15. The Hall–Kier alpha value is -4.95. The predicted octanol–water partition coefficient (Wildman–Crippen LogP) is 3.87. The van der Waals surface area contributed by atoms with Gasteiger partial charge in [-0.2, -0.15) is 15.3 Å². The summed E-state index contributed by atoms with van der Waals surface area (Å²) in [6.45, 7) is 7.03. The predicted molar refractivity (Wildman–Crippen MR) is 153 cm³/mol. The monoisotopic (exact) mass is 525 g/mol. The van der Waals surface area contributed by atoms with E-state index in [1.165, 1.54) is 6.08 Å². The number of likely N-dealkylation sites (N-methyl/N-ethyl adjacent to an activating group) is 2. The Bertz CT molecular complexity index is 1570. The van der Waals surface area contributed by atoms with Crippen LogP contribution in [0.1, 0.15) is 11.3 Å². The first-order chi connectivity index (χ1) is 18.7. The Kier molecular flexibility index (Phi) is 8.07. The molecule has 0 aliphatic rings. The van der Waals surface area contributed by atoms with E-state index in [4.69, 9.17) is 4.74 Å². The van der Waals surface area contributed by atoms with Crippen LogP contribution in [0, 0.1) is 18.3 Å². The number of carbonyl (C=O) groups excluding carboxylic acids is 1. The highest BCUT2D eigenvalue weighted by atomic mass is 16.5. The zero-order valence-corrected chi connectivity index (χ0v) is 22.7. The van der Waals surface area contributed by atoms with Gasteiger partial charge in [0.2, 0.25) is 11.9 Å². The summed E-state index contributed by atoms with van der Waals surface area (Å²) in [4.78, 5) is 25.4. The van der Waals surface area contributed by atoms with Crippen LogP contribution < -0.4 is 20.3 Å². The number of nitriles is 1. The van der Waals surface area contributed by atoms with Crippen LogP contribution in [0.4, 0.5) is 23.0 Å². The number of benzene rings is 2. The highest BCUT2D eigenvalue weighted by Gasteiger charge is 2.17. The Morgan fingerprint density at radius 3 is 2.67 bits per heavy atom. The molecule has 200 valence electrons. The van der Waals surface area contributed by atoms with Crippen molar-refractivity contribution in [2.45, 2.75) is 6.92 Å². The number of carbonyl (C=O) groups is 1. The molecule has 39 heavy (non-hydrogen) atoms. The number of rotatable bonds is 10. The van der Waals surface area contributed by atoms with Crippen LogP contribution >= 0.6 is 0 Å². The summed E-state index contributed by atoms with van der Waals surface area (Å²) in [5.41, 5.74) is 4.06. The van der Waals surface area contributed by atoms with Gasteiger partial charge in [-0.1, -0.05) is 6.58 Å². The zero-order valence-electron chi connectivity index (χ0n) is 22.7. The van der Waals surface area contributed by atoms with Gasteiger partial charge in [0.05, 0.1) is 47.0 Å². The molecule has 0 spiro atoms. The smallest absolute Gasteiger partial charge is 0.247 e. The highest BCUT2D eigenvalue weighted by Crippen LogP contribution is 2.38. The van der Waals surface area contributed by atoms with Gasteiger partial charge in [0.25, 0.3) is 0 Å². The van der Waals surface area contributed by atoms with E-state index < -0.39 is 0 Å². The minimum Gasteiger partial charge on any atom is -0.494 e. The number of fused-ring (bicyclic) bond motifs is 1. The summed E-state index contributed by atoms with van der Waals surface area (Å²) < 4.78 is 7.37. The average molecular weight is 526 g/mol. The van der Waals surface area contributed by atoms with Crippen molar-refractivity contribution in [1.82, 2.24) is 24.6 Å². The quantitative estimate of drug-likeness (QED) is 0.297. The number of anilines is 4. The first-order valence-electron chi connectivity index (χ1n) is 12.2. The van der Waals surface area contributed by atoms with Crippen molar-refractivity contribution < 1.29 is 9.53 Å². The lowest BCUT2D eigenvalue weighted by Gasteiger charge is -2.26. The summed E-state index contributed by atoms with van der Waals surface area (Å²) >= 11 is 0. The summed E-state index contributed by atoms with van der Waals surface area (Å²) in [7, 11) is 7.54. The molecule has 0 fully saturated rings. The number of aryl methyl sites for hydroxylation is 1. The first kappa shape index (κ1) is 27.1. The SMILES string of the molecule is C=CC(=O)Nc1cc(Nc2nccc(-n3nc(C)c4ccc(C#N)cc43)n2)c(OC)cc1N(C)CCN(C)C. The number of methoxy groups -OCH3 is 1. The van der Waals surface area contributed by atoms with Crippen LogP contribution in [0.25, 0.3) is 16.7 Å². The molecule has 1 amide bonds. The van der Waals surface area contributed by atoms with Gasteiger partial charge in [0, 0.05) is 43.9 Å². The number of hydrogen-bond acceptors (Lipinski definition) is 9. The van der Waals surface area contributed by atoms with Gasteiger partial charge in [-0.3, -0.25) is 4.79 Å². The minimum atomic E-state index is -0.329. The van der Waals surface area contributed by atoms with Crippen LogP contribution in [0.15, 0.2) is 55.3 Å². The number of amides is 1. The van der Waals surface area contributed by atoms with Crippen molar-refractivity contribution in [2.75, 3.05) is 56.9 Å². The van der Waals surface area contributed by atoms with Crippen molar-refractivity contribution in [1.29, 1.82) is 5.26 Å². The topological polar surface area (TPSA) is 124 Å². The van der Waals surface area contributed by atoms with Crippen LogP contribution in [0.3, 0.4) is 0 Å². The fraction of sp³-hybridized carbons (Fsp3) is 0.250. The molecule has 4 rings (SSSR count). The molecule has 0 unspecified atom stereocenters. The lowest BCUT2D eigenvalue weighted by Crippen LogP contribution is -2.29. The second kappa shape index (κ2) is 11.6. The van der Waals surface area contributed by atoms with E-state index in [0.29, 0.717) is 34.5 Å². The Labute approximate surface area is 227 Å². The average Bonchev–Trinajstić information content (AvgIpc) is 3.27. The summed E-state index contributed by atoms with van der Waals surface area (Å²) in [5, 5.41) is 21.0. The van der Waals surface area contributed by atoms with E-state index in [1.54, 1.807) is 42.3 Å². The van der Waals surface area contributed by atoms with Gasteiger partial charge < -0.3 is 25.2 Å². The van der Waals surface area contributed by atoms with Crippen molar-refractivity contribution in [3.05, 3.63) is 66.5 Å². The van der Waals surface area contributed by atoms with Gasteiger partial charge in [0.1, 0.15) is 5.75 Å². The van der Waals surface area contributed by atoms with E-state index in [-0.39, 0.29) is 5.91 Å². The minimum absolute atomic E-state index is 0.304. The molecule has 0 aliphatic carbocycles. The van der Waals surface area contributed by atoms with Crippen molar-refractivity contribution in [3.63, 3.8) is 0 Å². The molecule has 0 atom stereocenters. The molecule has 2 heterocycles. The van der Waals surface area contributed by atoms with E-state index in [1.807, 2.05) is 45.1 Å².